The van der Waals surface area contributed by atoms with E-state index in [0.717, 1.165) is 16.7 Å². The first-order valence-corrected chi connectivity index (χ1v) is 13.6. The van der Waals surface area contributed by atoms with Crippen LogP contribution < -0.4 is 0 Å². The molecule has 3 rings (SSSR count). The summed E-state index contributed by atoms with van der Waals surface area (Å²) in [5.74, 6) is -5.36. The van der Waals surface area contributed by atoms with E-state index in [0.29, 0.717) is 12.8 Å². The Morgan fingerprint density at radius 1 is 0.974 bits per heavy atom. The van der Waals surface area contributed by atoms with Crippen molar-refractivity contribution in [3.05, 3.63) is 71.3 Å². The van der Waals surface area contributed by atoms with E-state index >= 15 is 0 Å². The number of benzene rings is 1. The van der Waals surface area contributed by atoms with E-state index in [2.05, 4.69) is 6.58 Å². The van der Waals surface area contributed by atoms with E-state index in [1.807, 2.05) is 46.8 Å². The van der Waals surface area contributed by atoms with Crippen molar-refractivity contribution in [2.75, 3.05) is 0 Å². The molecule has 1 N–H and O–H groups in total. The molecule has 38 heavy (non-hydrogen) atoms. The molecule has 0 amide bonds. The second-order valence-electron chi connectivity index (χ2n) is 12.1. The molecule has 5 nitrogen and oxygen atoms in total. The number of ketones is 4. The zero-order chi connectivity index (χ0) is 28.4. The van der Waals surface area contributed by atoms with Crippen molar-refractivity contribution in [3.63, 3.8) is 0 Å². The molecule has 1 aromatic carbocycles. The van der Waals surface area contributed by atoms with Crippen molar-refractivity contribution in [3.8, 4) is 0 Å². The summed E-state index contributed by atoms with van der Waals surface area (Å²) in [6.45, 7) is 15.3. The smallest absolute Gasteiger partial charge is 0.180 e. The molecule has 0 bridgehead atoms. The molecule has 0 unspecified atom stereocenters. The third-order valence-electron chi connectivity index (χ3n) is 8.56. The fraction of sp³-hybridized carbons (Fsp3) is 0.515. The summed E-state index contributed by atoms with van der Waals surface area (Å²) in [6.07, 6.45) is 5.32. The standard InChI is InChI=1S/C33H42O5/c1-20(2)13-17-33(18-14-21(3)4)30(36)25(19-26-24(22(5)6)15-16-32(26,7)38)29(35)27(31(33)37)28(34)23-11-9-8-10-12-23/h8-14,24-27,38H,5,15-19H2,1-4,6-7H3/t24-,25+,26+,27+,32+/m1/s1. The van der Waals surface area contributed by atoms with Crippen LogP contribution in [0.3, 0.4) is 0 Å². The van der Waals surface area contributed by atoms with Crippen LogP contribution in [0.4, 0.5) is 0 Å². The average Bonchev–Trinajstić information content (AvgIpc) is 3.15. The maximum atomic E-state index is 14.4. The molecule has 0 spiro atoms. The Bertz CT molecular complexity index is 1150. The van der Waals surface area contributed by atoms with E-state index in [-0.39, 0.29) is 36.7 Å². The molecule has 2 fully saturated rings. The number of rotatable bonds is 9. The van der Waals surface area contributed by atoms with Crippen LogP contribution in [0.25, 0.3) is 0 Å². The summed E-state index contributed by atoms with van der Waals surface area (Å²) in [7, 11) is 0. The normalized spacial score (nSPS) is 28.7. The molecular weight excluding hydrogens is 476 g/mol. The number of carbonyl (C=O) groups is 4. The molecule has 0 saturated heterocycles. The second-order valence-corrected chi connectivity index (χ2v) is 12.1. The van der Waals surface area contributed by atoms with Gasteiger partial charge in [0.2, 0.25) is 0 Å². The fourth-order valence-corrected chi connectivity index (χ4v) is 6.20. The van der Waals surface area contributed by atoms with Gasteiger partial charge in [-0.1, -0.05) is 65.8 Å². The topological polar surface area (TPSA) is 88.5 Å². The van der Waals surface area contributed by atoms with Gasteiger partial charge < -0.3 is 5.11 Å². The van der Waals surface area contributed by atoms with Gasteiger partial charge in [0.15, 0.2) is 23.1 Å². The average molecular weight is 519 g/mol. The number of aliphatic hydroxyl groups is 1. The van der Waals surface area contributed by atoms with Crippen LogP contribution in [-0.2, 0) is 14.4 Å². The quantitative estimate of drug-likeness (QED) is 0.237. The van der Waals surface area contributed by atoms with Gasteiger partial charge in [-0.15, -0.1) is 0 Å². The lowest BCUT2D eigenvalue weighted by Gasteiger charge is -2.42. The SMILES string of the molecule is C=C(C)[C@H]1CC[C@](C)(O)[C@H]1C[C@H]1C(=O)[C@H](C(=O)c2ccccc2)C(=O)C(CC=C(C)C)(CC=C(C)C)C1=O. The molecule has 204 valence electrons. The van der Waals surface area contributed by atoms with Crippen LogP contribution in [0.2, 0.25) is 0 Å². The van der Waals surface area contributed by atoms with Crippen molar-refractivity contribution in [2.45, 2.75) is 79.2 Å². The van der Waals surface area contributed by atoms with Gasteiger partial charge in [-0.2, -0.15) is 0 Å². The summed E-state index contributed by atoms with van der Waals surface area (Å²) in [5.41, 5.74) is 0.471. The highest BCUT2D eigenvalue weighted by molar-refractivity contribution is 6.36. The molecule has 2 saturated carbocycles. The predicted molar refractivity (Wildman–Crippen MR) is 150 cm³/mol. The lowest BCUT2D eigenvalue weighted by molar-refractivity contribution is -0.156. The lowest BCUT2D eigenvalue weighted by atomic mass is 9.56. The van der Waals surface area contributed by atoms with Gasteiger partial charge in [0.25, 0.3) is 0 Å². The molecule has 0 heterocycles. The van der Waals surface area contributed by atoms with Gasteiger partial charge in [0, 0.05) is 5.56 Å². The van der Waals surface area contributed by atoms with E-state index in [1.165, 1.54) is 0 Å². The van der Waals surface area contributed by atoms with E-state index < -0.39 is 46.0 Å². The molecule has 2 aliphatic rings. The summed E-state index contributed by atoms with van der Waals surface area (Å²) in [4.78, 5) is 56.3. The van der Waals surface area contributed by atoms with Gasteiger partial charge in [-0.3, -0.25) is 19.2 Å². The lowest BCUT2D eigenvalue weighted by Crippen LogP contribution is -2.58. The summed E-state index contributed by atoms with van der Waals surface area (Å²) >= 11 is 0. The number of allylic oxidation sites excluding steroid dienone is 5. The highest BCUT2D eigenvalue weighted by Crippen LogP contribution is 2.50. The summed E-state index contributed by atoms with van der Waals surface area (Å²) in [5, 5.41) is 11.2. The predicted octanol–water partition coefficient (Wildman–Crippen LogP) is 6.27. The Morgan fingerprint density at radius 2 is 1.53 bits per heavy atom. The van der Waals surface area contributed by atoms with Crippen molar-refractivity contribution in [1.82, 2.24) is 0 Å². The molecule has 5 heteroatoms. The maximum absolute atomic E-state index is 14.4. The Labute approximate surface area is 227 Å². The minimum atomic E-state index is -1.55. The molecule has 5 atom stereocenters. The van der Waals surface area contributed by atoms with Gasteiger partial charge in [-0.05, 0) is 85.5 Å². The number of carbonyl (C=O) groups excluding carboxylic acids is 4. The third kappa shape index (κ3) is 5.73. The van der Waals surface area contributed by atoms with Gasteiger partial charge in [0.1, 0.15) is 5.92 Å². The van der Waals surface area contributed by atoms with Gasteiger partial charge >= 0.3 is 0 Å². The van der Waals surface area contributed by atoms with Crippen molar-refractivity contribution < 1.29 is 24.3 Å². The Kier molecular flexibility index (Phi) is 8.93. The second kappa shape index (κ2) is 11.4. The minimum Gasteiger partial charge on any atom is -0.390 e. The maximum Gasteiger partial charge on any atom is 0.180 e. The Morgan fingerprint density at radius 3 is 2.03 bits per heavy atom. The molecule has 0 aliphatic heterocycles. The monoisotopic (exact) mass is 518 g/mol. The zero-order valence-electron chi connectivity index (χ0n) is 23.7. The number of hydrogen-bond donors (Lipinski definition) is 1. The molecular formula is C33H42O5. The van der Waals surface area contributed by atoms with E-state index in [9.17, 15) is 24.3 Å². The first-order valence-electron chi connectivity index (χ1n) is 13.6. The largest absolute Gasteiger partial charge is 0.390 e. The highest BCUT2D eigenvalue weighted by atomic mass is 16.3. The molecule has 1 aromatic rings. The van der Waals surface area contributed by atoms with E-state index in [4.69, 9.17) is 0 Å². The summed E-state index contributed by atoms with van der Waals surface area (Å²) in [6, 6.07) is 8.35. The number of hydrogen-bond acceptors (Lipinski definition) is 5. The van der Waals surface area contributed by atoms with Crippen LogP contribution in [0.5, 0.6) is 0 Å². The van der Waals surface area contributed by atoms with Gasteiger partial charge in [0.05, 0.1) is 16.9 Å². The zero-order valence-corrected chi connectivity index (χ0v) is 23.7. The van der Waals surface area contributed by atoms with Crippen LogP contribution in [0.1, 0.15) is 84.0 Å². The van der Waals surface area contributed by atoms with Crippen molar-refractivity contribution >= 4 is 23.1 Å². The third-order valence-corrected chi connectivity index (χ3v) is 8.56. The van der Waals surface area contributed by atoms with Crippen LogP contribution >= 0.6 is 0 Å². The van der Waals surface area contributed by atoms with Crippen LogP contribution in [0, 0.1) is 29.1 Å². The fourth-order valence-electron chi connectivity index (χ4n) is 6.20. The Balaban J connectivity index is 2.19. The van der Waals surface area contributed by atoms with Crippen molar-refractivity contribution in [1.29, 1.82) is 0 Å². The van der Waals surface area contributed by atoms with Crippen molar-refractivity contribution in [2.24, 2.45) is 29.1 Å². The summed E-state index contributed by atoms with van der Waals surface area (Å²) < 4.78 is 0. The molecule has 0 aromatic heterocycles. The molecule has 0 radical (unpaired) electrons. The highest BCUT2D eigenvalue weighted by Gasteiger charge is 2.61. The number of Topliss-reactive ketones (excluding diaryl/α,β-unsaturated/α-hetero) is 4. The van der Waals surface area contributed by atoms with Gasteiger partial charge in [-0.25, -0.2) is 0 Å². The first-order chi connectivity index (χ1) is 17.7. The molecule has 2 aliphatic carbocycles. The first kappa shape index (κ1) is 29.6. The van der Waals surface area contributed by atoms with E-state index in [1.54, 1.807) is 37.3 Å². The van der Waals surface area contributed by atoms with Crippen LogP contribution in [0.15, 0.2) is 65.8 Å². The minimum absolute atomic E-state index is 0.0449. The van der Waals surface area contributed by atoms with Crippen LogP contribution in [-0.4, -0.2) is 33.8 Å². The Hall–Kier alpha value is -2.92.